The molecule has 0 aliphatic heterocycles. The minimum atomic E-state index is -0.293. The van der Waals surface area contributed by atoms with Gasteiger partial charge in [-0.1, -0.05) is 23.4 Å². The lowest BCUT2D eigenvalue weighted by atomic mass is 10.1. The van der Waals surface area contributed by atoms with E-state index in [-0.39, 0.29) is 18.4 Å². The molecule has 0 saturated heterocycles. The van der Waals surface area contributed by atoms with Gasteiger partial charge in [-0.05, 0) is 68.7 Å². The summed E-state index contributed by atoms with van der Waals surface area (Å²) < 4.78 is 16.5. The van der Waals surface area contributed by atoms with Crippen LogP contribution in [-0.2, 0) is 16.2 Å². The van der Waals surface area contributed by atoms with Gasteiger partial charge in [0.05, 0.1) is 24.9 Å². The number of carbonyl (C=O) groups excluding carboxylic acids is 2. The van der Waals surface area contributed by atoms with Gasteiger partial charge in [0.25, 0.3) is 0 Å². The van der Waals surface area contributed by atoms with E-state index in [0.717, 1.165) is 33.6 Å². The number of hydrogen-bond acceptors (Lipinski definition) is 6. The van der Waals surface area contributed by atoms with Gasteiger partial charge in [-0.3, -0.25) is 9.59 Å². The zero-order valence-corrected chi connectivity index (χ0v) is 21.0. The predicted molar refractivity (Wildman–Crippen MR) is 135 cm³/mol. The van der Waals surface area contributed by atoms with Gasteiger partial charge >= 0.3 is 0 Å². The fourth-order valence-electron chi connectivity index (χ4n) is 3.43. The summed E-state index contributed by atoms with van der Waals surface area (Å²) in [6.07, 6.45) is 3.09. The molecular formula is C27H31N3O5. The predicted octanol–water partition coefficient (Wildman–Crippen LogP) is 4.61. The number of ether oxygens (including phenoxy) is 2. The third-order valence-corrected chi connectivity index (χ3v) is 5.79. The molecule has 0 saturated carbocycles. The number of aromatic nitrogens is 1. The monoisotopic (exact) mass is 477 g/mol. The normalized spacial score (nSPS) is 10.9. The Morgan fingerprint density at radius 1 is 1.11 bits per heavy atom. The average Bonchev–Trinajstić information content (AvgIpc) is 3.16. The molecule has 0 fully saturated rings. The number of benzene rings is 2. The highest BCUT2D eigenvalue weighted by molar-refractivity contribution is 5.98. The number of nitrogens with one attached hydrogen (secondary N) is 1. The zero-order chi connectivity index (χ0) is 25.5. The molecule has 0 aliphatic rings. The maximum absolute atomic E-state index is 12.5. The molecule has 1 heterocycles. The van der Waals surface area contributed by atoms with Crippen LogP contribution < -0.4 is 14.8 Å². The third-order valence-electron chi connectivity index (χ3n) is 5.79. The van der Waals surface area contributed by atoms with Crippen molar-refractivity contribution in [3.8, 4) is 11.5 Å². The lowest BCUT2D eigenvalue weighted by molar-refractivity contribution is -0.129. The molecule has 3 rings (SSSR count). The van der Waals surface area contributed by atoms with E-state index in [1.807, 2.05) is 52.0 Å². The van der Waals surface area contributed by atoms with E-state index in [1.54, 1.807) is 32.4 Å². The summed E-state index contributed by atoms with van der Waals surface area (Å²) in [5.74, 6) is 1.26. The molecule has 0 aliphatic carbocycles. The van der Waals surface area contributed by atoms with Crippen LogP contribution in [0.15, 0.2) is 47.0 Å². The zero-order valence-electron chi connectivity index (χ0n) is 21.0. The molecule has 0 spiro atoms. The van der Waals surface area contributed by atoms with E-state index < -0.39 is 0 Å². The Kier molecular flexibility index (Phi) is 8.30. The number of anilines is 1. The molecule has 184 valence electrons. The van der Waals surface area contributed by atoms with Crippen LogP contribution in [0.1, 0.15) is 33.7 Å². The van der Waals surface area contributed by atoms with Crippen LogP contribution in [0.4, 0.5) is 5.69 Å². The fraction of sp³-hybridized carbons (Fsp3) is 0.296. The standard InChI is InChI=1S/C27H31N3O5/c1-17-8-7-9-23(18(17)2)28-26(31)15-30(5)27(32)13-11-21-10-12-24(25(14-21)33-6)34-16-22-19(3)29-35-20(22)4/h7-14H,15-16H2,1-6H3,(H,28,31)/b13-11-. The Hall–Kier alpha value is -4.07. The Bertz CT molecular complexity index is 1230. The Balaban J connectivity index is 1.59. The Morgan fingerprint density at radius 3 is 2.57 bits per heavy atom. The van der Waals surface area contributed by atoms with Gasteiger partial charge in [0.1, 0.15) is 12.4 Å². The molecule has 2 amide bonds. The number of methoxy groups -OCH3 is 1. The van der Waals surface area contributed by atoms with Crippen molar-refractivity contribution in [3.05, 3.63) is 76.2 Å². The van der Waals surface area contributed by atoms with Crippen LogP contribution in [0.25, 0.3) is 6.08 Å². The number of likely N-dealkylation sites (N-methyl/N-ethyl adjacent to an activating group) is 1. The van der Waals surface area contributed by atoms with E-state index in [4.69, 9.17) is 14.0 Å². The Morgan fingerprint density at radius 2 is 1.89 bits per heavy atom. The van der Waals surface area contributed by atoms with Gasteiger partial charge in [-0.25, -0.2) is 0 Å². The van der Waals surface area contributed by atoms with Gasteiger partial charge in [-0.2, -0.15) is 0 Å². The van der Waals surface area contributed by atoms with Crippen LogP contribution in [0.2, 0.25) is 0 Å². The first-order valence-corrected chi connectivity index (χ1v) is 11.2. The van der Waals surface area contributed by atoms with E-state index in [2.05, 4.69) is 10.5 Å². The van der Waals surface area contributed by atoms with Gasteiger partial charge in [0.15, 0.2) is 11.5 Å². The molecule has 8 nitrogen and oxygen atoms in total. The molecule has 0 radical (unpaired) electrons. The van der Waals surface area contributed by atoms with E-state index in [0.29, 0.717) is 23.9 Å². The summed E-state index contributed by atoms with van der Waals surface area (Å²) in [4.78, 5) is 26.3. The second-order valence-corrected chi connectivity index (χ2v) is 8.32. The summed E-state index contributed by atoms with van der Waals surface area (Å²) in [5.41, 5.74) is 5.27. The van der Waals surface area contributed by atoms with E-state index >= 15 is 0 Å². The van der Waals surface area contributed by atoms with Crippen LogP contribution in [-0.4, -0.2) is 42.6 Å². The van der Waals surface area contributed by atoms with Crippen LogP contribution >= 0.6 is 0 Å². The third kappa shape index (κ3) is 6.50. The van der Waals surface area contributed by atoms with Gasteiger partial charge < -0.3 is 24.2 Å². The summed E-state index contributed by atoms with van der Waals surface area (Å²) >= 11 is 0. The first-order valence-electron chi connectivity index (χ1n) is 11.2. The average molecular weight is 478 g/mol. The van der Waals surface area contributed by atoms with Crippen molar-refractivity contribution in [2.24, 2.45) is 0 Å². The molecule has 0 bridgehead atoms. The first kappa shape index (κ1) is 25.6. The van der Waals surface area contributed by atoms with Crippen molar-refractivity contribution >= 4 is 23.6 Å². The lowest BCUT2D eigenvalue weighted by Crippen LogP contribution is -2.34. The van der Waals surface area contributed by atoms with Crippen LogP contribution in [0.5, 0.6) is 11.5 Å². The lowest BCUT2D eigenvalue weighted by Gasteiger charge is -2.16. The molecule has 3 aromatic rings. The minimum Gasteiger partial charge on any atom is -0.493 e. The van der Waals surface area contributed by atoms with Gasteiger partial charge in [0, 0.05) is 18.8 Å². The van der Waals surface area contributed by atoms with Crippen LogP contribution in [0.3, 0.4) is 0 Å². The van der Waals surface area contributed by atoms with Gasteiger partial charge in [0.2, 0.25) is 11.8 Å². The SMILES string of the molecule is COc1cc(/C=C\C(=O)N(C)CC(=O)Nc2cccc(C)c2C)ccc1OCc1c(C)noc1C. The second-order valence-electron chi connectivity index (χ2n) is 8.32. The molecular weight excluding hydrogens is 446 g/mol. The number of rotatable bonds is 9. The Labute approximate surface area is 205 Å². The fourth-order valence-corrected chi connectivity index (χ4v) is 3.43. The topological polar surface area (TPSA) is 93.9 Å². The molecule has 0 unspecified atom stereocenters. The highest BCUT2D eigenvalue weighted by atomic mass is 16.5. The number of amides is 2. The molecule has 35 heavy (non-hydrogen) atoms. The number of aryl methyl sites for hydroxylation is 3. The maximum atomic E-state index is 12.5. The number of nitrogens with zero attached hydrogens (tertiary/aromatic N) is 2. The van der Waals surface area contributed by atoms with Crippen molar-refractivity contribution in [1.82, 2.24) is 10.1 Å². The van der Waals surface area contributed by atoms with Gasteiger partial charge in [-0.15, -0.1) is 0 Å². The van der Waals surface area contributed by atoms with Crippen molar-refractivity contribution in [1.29, 1.82) is 0 Å². The largest absolute Gasteiger partial charge is 0.493 e. The summed E-state index contributed by atoms with van der Waals surface area (Å²) in [6, 6.07) is 11.1. The van der Waals surface area contributed by atoms with Crippen molar-refractivity contribution < 1.29 is 23.6 Å². The second kappa shape index (κ2) is 11.4. The smallest absolute Gasteiger partial charge is 0.246 e. The van der Waals surface area contributed by atoms with Crippen molar-refractivity contribution in [2.75, 3.05) is 26.0 Å². The molecule has 1 N–H and O–H groups in total. The molecule has 8 heteroatoms. The number of hydrogen-bond donors (Lipinski definition) is 1. The summed E-state index contributed by atoms with van der Waals surface area (Å²) in [6.45, 7) is 7.88. The molecule has 0 atom stereocenters. The quantitative estimate of drug-likeness (QED) is 0.453. The summed E-state index contributed by atoms with van der Waals surface area (Å²) in [5, 5.41) is 6.79. The van der Waals surface area contributed by atoms with Crippen LogP contribution in [0, 0.1) is 27.7 Å². The van der Waals surface area contributed by atoms with Crippen molar-refractivity contribution in [2.45, 2.75) is 34.3 Å². The number of carbonyl (C=O) groups is 2. The van der Waals surface area contributed by atoms with Crippen molar-refractivity contribution in [3.63, 3.8) is 0 Å². The van der Waals surface area contributed by atoms with E-state index in [9.17, 15) is 9.59 Å². The summed E-state index contributed by atoms with van der Waals surface area (Å²) in [7, 11) is 3.14. The minimum absolute atomic E-state index is 0.0612. The first-order chi connectivity index (χ1) is 16.7. The highest BCUT2D eigenvalue weighted by Crippen LogP contribution is 2.30. The van der Waals surface area contributed by atoms with E-state index in [1.165, 1.54) is 11.0 Å². The molecule has 2 aromatic carbocycles. The highest BCUT2D eigenvalue weighted by Gasteiger charge is 2.14. The maximum Gasteiger partial charge on any atom is 0.246 e. The molecule has 1 aromatic heterocycles.